The van der Waals surface area contributed by atoms with Crippen LogP contribution in [0.1, 0.15) is 33.1 Å². The van der Waals surface area contributed by atoms with Crippen LogP contribution in [0.25, 0.3) is 0 Å². The Bertz CT molecular complexity index is 211. The van der Waals surface area contributed by atoms with Crippen molar-refractivity contribution in [3.63, 3.8) is 0 Å². The Morgan fingerprint density at radius 1 is 1.67 bits per heavy atom. The van der Waals surface area contributed by atoms with Crippen LogP contribution >= 0.6 is 11.8 Å². The zero-order valence-corrected chi connectivity index (χ0v) is 10.8. The maximum Gasteiger partial charge on any atom is 0.241 e. The van der Waals surface area contributed by atoms with Crippen LogP contribution in [-0.2, 0) is 4.79 Å². The van der Waals surface area contributed by atoms with Gasteiger partial charge in [-0.25, -0.2) is 0 Å². The molecular weight excluding hydrogens is 208 g/mol. The molecule has 0 aromatic heterocycles. The van der Waals surface area contributed by atoms with E-state index in [-0.39, 0.29) is 6.04 Å². The standard InChI is InChI=1S/C11H22N2OS/c1-4-5-6-10-11(14)13(8-12-10)9(2)7-15-3/h9-10,12H,4-8H2,1-3H3. The van der Waals surface area contributed by atoms with E-state index >= 15 is 0 Å². The zero-order valence-electron chi connectivity index (χ0n) is 9.95. The van der Waals surface area contributed by atoms with Gasteiger partial charge in [0, 0.05) is 11.8 Å². The molecule has 0 spiro atoms. The lowest BCUT2D eigenvalue weighted by Gasteiger charge is -2.23. The summed E-state index contributed by atoms with van der Waals surface area (Å²) in [6.07, 6.45) is 5.36. The Morgan fingerprint density at radius 2 is 2.40 bits per heavy atom. The molecule has 0 aromatic rings. The third kappa shape index (κ3) is 3.38. The Kier molecular flexibility index (Phi) is 5.47. The largest absolute Gasteiger partial charge is 0.325 e. The Hall–Kier alpha value is -0.220. The second kappa shape index (κ2) is 6.38. The van der Waals surface area contributed by atoms with Gasteiger partial charge in [-0.2, -0.15) is 11.8 Å². The van der Waals surface area contributed by atoms with Crippen molar-refractivity contribution < 1.29 is 4.79 Å². The molecule has 2 unspecified atom stereocenters. The molecule has 4 heteroatoms. The van der Waals surface area contributed by atoms with E-state index in [0.29, 0.717) is 11.9 Å². The van der Waals surface area contributed by atoms with Crippen molar-refractivity contribution in [1.82, 2.24) is 10.2 Å². The first-order chi connectivity index (χ1) is 7.20. The first-order valence-corrected chi connectivity index (χ1v) is 7.12. The molecule has 1 N–H and O–H groups in total. The number of hydrogen-bond acceptors (Lipinski definition) is 3. The molecule has 3 nitrogen and oxygen atoms in total. The highest BCUT2D eigenvalue weighted by Crippen LogP contribution is 2.15. The van der Waals surface area contributed by atoms with Crippen LogP contribution in [0.4, 0.5) is 0 Å². The van der Waals surface area contributed by atoms with Crippen LogP contribution in [0, 0.1) is 0 Å². The monoisotopic (exact) mass is 230 g/mol. The minimum Gasteiger partial charge on any atom is -0.325 e. The van der Waals surface area contributed by atoms with Crippen LogP contribution in [0.15, 0.2) is 0 Å². The molecule has 1 amide bonds. The number of amides is 1. The van der Waals surface area contributed by atoms with Crippen molar-refractivity contribution in [2.45, 2.75) is 45.2 Å². The number of carbonyl (C=O) groups is 1. The average Bonchev–Trinajstić information content (AvgIpc) is 2.57. The Morgan fingerprint density at radius 3 is 3.00 bits per heavy atom. The molecule has 15 heavy (non-hydrogen) atoms. The molecule has 88 valence electrons. The fourth-order valence-corrected chi connectivity index (χ4v) is 2.57. The summed E-state index contributed by atoms with van der Waals surface area (Å²) in [6.45, 7) is 5.01. The summed E-state index contributed by atoms with van der Waals surface area (Å²) in [5.74, 6) is 1.32. The molecule has 0 bridgehead atoms. The number of nitrogens with one attached hydrogen (secondary N) is 1. The lowest BCUT2D eigenvalue weighted by Crippen LogP contribution is -2.38. The topological polar surface area (TPSA) is 32.3 Å². The minimum absolute atomic E-state index is 0.0780. The molecular formula is C11H22N2OS. The van der Waals surface area contributed by atoms with Gasteiger partial charge in [0.2, 0.25) is 5.91 Å². The summed E-state index contributed by atoms with van der Waals surface area (Å²) in [5.41, 5.74) is 0. The van der Waals surface area contributed by atoms with E-state index in [1.807, 2.05) is 4.90 Å². The van der Waals surface area contributed by atoms with E-state index in [0.717, 1.165) is 31.7 Å². The van der Waals surface area contributed by atoms with Gasteiger partial charge in [-0.15, -0.1) is 0 Å². The molecule has 1 rings (SSSR count). The van der Waals surface area contributed by atoms with Crippen molar-refractivity contribution in [1.29, 1.82) is 0 Å². The van der Waals surface area contributed by atoms with Crippen LogP contribution in [0.5, 0.6) is 0 Å². The van der Waals surface area contributed by atoms with Gasteiger partial charge in [-0.3, -0.25) is 10.1 Å². The maximum atomic E-state index is 12.0. The summed E-state index contributed by atoms with van der Waals surface area (Å²) in [4.78, 5) is 14.0. The van der Waals surface area contributed by atoms with Crippen molar-refractivity contribution in [3.8, 4) is 0 Å². The van der Waals surface area contributed by atoms with E-state index in [1.165, 1.54) is 0 Å². The lowest BCUT2D eigenvalue weighted by molar-refractivity contribution is -0.130. The number of rotatable bonds is 6. The highest BCUT2D eigenvalue weighted by Gasteiger charge is 2.32. The Labute approximate surface area is 97.0 Å². The highest BCUT2D eigenvalue weighted by molar-refractivity contribution is 7.98. The van der Waals surface area contributed by atoms with E-state index in [9.17, 15) is 4.79 Å². The summed E-state index contributed by atoms with van der Waals surface area (Å²) < 4.78 is 0. The molecule has 0 saturated carbocycles. The average molecular weight is 230 g/mol. The molecule has 1 heterocycles. The summed E-state index contributed by atoms with van der Waals surface area (Å²) in [7, 11) is 0. The number of thioether (sulfide) groups is 1. The maximum absolute atomic E-state index is 12.0. The third-order valence-corrected chi connectivity index (χ3v) is 3.69. The predicted octanol–water partition coefficient (Wildman–Crippen LogP) is 1.69. The minimum atomic E-state index is 0.0780. The predicted molar refractivity (Wildman–Crippen MR) is 66.0 cm³/mol. The number of hydrogen-bond donors (Lipinski definition) is 1. The summed E-state index contributed by atoms with van der Waals surface area (Å²) in [6, 6.07) is 0.431. The van der Waals surface area contributed by atoms with E-state index < -0.39 is 0 Å². The van der Waals surface area contributed by atoms with Gasteiger partial charge in [0.05, 0.1) is 12.7 Å². The van der Waals surface area contributed by atoms with Crippen LogP contribution in [-0.4, -0.2) is 41.6 Å². The highest BCUT2D eigenvalue weighted by atomic mass is 32.2. The smallest absolute Gasteiger partial charge is 0.241 e. The van der Waals surface area contributed by atoms with E-state index in [2.05, 4.69) is 25.4 Å². The van der Waals surface area contributed by atoms with Gasteiger partial charge in [0.25, 0.3) is 0 Å². The lowest BCUT2D eigenvalue weighted by atomic mass is 10.1. The zero-order chi connectivity index (χ0) is 11.3. The second-order valence-electron chi connectivity index (χ2n) is 4.17. The van der Waals surface area contributed by atoms with E-state index in [4.69, 9.17) is 0 Å². The van der Waals surface area contributed by atoms with Crippen LogP contribution in [0.3, 0.4) is 0 Å². The van der Waals surface area contributed by atoms with Crippen molar-refractivity contribution >= 4 is 17.7 Å². The van der Waals surface area contributed by atoms with Crippen molar-refractivity contribution in [2.24, 2.45) is 0 Å². The second-order valence-corrected chi connectivity index (χ2v) is 5.08. The fraction of sp³-hybridized carbons (Fsp3) is 0.909. The summed E-state index contributed by atoms with van der Waals surface area (Å²) in [5, 5.41) is 3.30. The van der Waals surface area contributed by atoms with Crippen molar-refractivity contribution in [2.75, 3.05) is 18.7 Å². The van der Waals surface area contributed by atoms with Gasteiger partial charge in [0.1, 0.15) is 0 Å². The van der Waals surface area contributed by atoms with Gasteiger partial charge in [-0.05, 0) is 19.6 Å². The first kappa shape index (κ1) is 12.8. The normalized spacial score (nSPS) is 23.5. The molecule has 0 radical (unpaired) electrons. The fourth-order valence-electron chi connectivity index (χ4n) is 1.91. The molecule has 1 aliphatic rings. The number of nitrogens with zero attached hydrogens (tertiary/aromatic N) is 1. The molecule has 1 fully saturated rings. The van der Waals surface area contributed by atoms with Crippen molar-refractivity contribution in [3.05, 3.63) is 0 Å². The van der Waals surface area contributed by atoms with Gasteiger partial charge in [-0.1, -0.05) is 19.8 Å². The van der Waals surface area contributed by atoms with Gasteiger partial charge in [0.15, 0.2) is 0 Å². The van der Waals surface area contributed by atoms with Crippen LogP contribution in [0.2, 0.25) is 0 Å². The quantitative estimate of drug-likeness (QED) is 0.753. The molecule has 0 aliphatic carbocycles. The first-order valence-electron chi connectivity index (χ1n) is 5.73. The number of unbranched alkanes of at least 4 members (excludes halogenated alkanes) is 1. The van der Waals surface area contributed by atoms with E-state index in [1.54, 1.807) is 11.8 Å². The van der Waals surface area contributed by atoms with Gasteiger partial charge < -0.3 is 4.90 Å². The molecule has 1 aliphatic heterocycles. The number of carbonyl (C=O) groups excluding carboxylic acids is 1. The molecule has 1 saturated heterocycles. The molecule has 0 aromatic carbocycles. The third-order valence-electron chi connectivity index (χ3n) is 2.88. The SMILES string of the molecule is CCCCC1NCN(C(C)CSC)C1=O. The van der Waals surface area contributed by atoms with Crippen LogP contribution < -0.4 is 5.32 Å². The summed E-state index contributed by atoms with van der Waals surface area (Å²) >= 11 is 1.80. The van der Waals surface area contributed by atoms with Gasteiger partial charge >= 0.3 is 0 Å². The Balaban J connectivity index is 2.41. The molecule has 2 atom stereocenters.